The third-order valence-electron chi connectivity index (χ3n) is 5.31. The van der Waals surface area contributed by atoms with E-state index in [0.29, 0.717) is 28.9 Å². The molecule has 4 rings (SSSR count). The maximum absolute atomic E-state index is 13.1. The van der Waals surface area contributed by atoms with Gasteiger partial charge in [-0.05, 0) is 44.2 Å². The second-order valence-corrected chi connectivity index (χ2v) is 7.68. The highest BCUT2D eigenvalue weighted by atomic mass is 16.6. The largest absolute Gasteiger partial charge is 0.367 e. The highest BCUT2D eigenvalue weighted by Crippen LogP contribution is 2.28. The van der Waals surface area contributed by atoms with E-state index in [4.69, 9.17) is 9.82 Å². The fraction of sp³-hybridized carbons (Fsp3) is 0.429. The Balaban J connectivity index is 1.79. The zero-order valence-electron chi connectivity index (χ0n) is 17.1. The monoisotopic (exact) mass is 395 g/mol. The standard InChI is InChI=1S/C21H26N6O2/c1-14(2)27-10-8-15-12-17(24-18-13-26(29-3)11-9-22-18)25-20(19(15)21(27)28)23-16-6-4-5-7-16/h8-14,16H,4-7H2,1-3H3,(H-,22,23,24,25,28)/p+1. The lowest BCUT2D eigenvalue weighted by molar-refractivity contribution is -0.885. The first-order valence-corrected chi connectivity index (χ1v) is 10.1. The van der Waals surface area contributed by atoms with Crippen molar-refractivity contribution in [2.75, 3.05) is 17.7 Å². The molecule has 3 aromatic heterocycles. The van der Waals surface area contributed by atoms with Crippen LogP contribution in [0.1, 0.15) is 45.6 Å². The van der Waals surface area contributed by atoms with Gasteiger partial charge in [0, 0.05) is 23.0 Å². The van der Waals surface area contributed by atoms with Gasteiger partial charge < -0.3 is 15.2 Å². The van der Waals surface area contributed by atoms with Crippen LogP contribution in [-0.4, -0.2) is 27.7 Å². The summed E-state index contributed by atoms with van der Waals surface area (Å²) >= 11 is 0. The molecule has 3 aromatic rings. The predicted octanol–water partition coefficient (Wildman–Crippen LogP) is 2.82. The highest BCUT2D eigenvalue weighted by molar-refractivity contribution is 5.93. The molecule has 8 heteroatoms. The van der Waals surface area contributed by atoms with Gasteiger partial charge in [-0.1, -0.05) is 12.8 Å². The highest BCUT2D eigenvalue weighted by Gasteiger charge is 2.19. The topological polar surface area (TPSA) is 85.0 Å². The van der Waals surface area contributed by atoms with Gasteiger partial charge in [0.2, 0.25) is 12.0 Å². The lowest BCUT2D eigenvalue weighted by atomic mass is 10.1. The number of fused-ring (bicyclic) bond motifs is 1. The Bertz CT molecular complexity index is 1070. The number of nitrogens with one attached hydrogen (secondary N) is 2. The van der Waals surface area contributed by atoms with E-state index < -0.39 is 0 Å². The number of rotatable bonds is 6. The van der Waals surface area contributed by atoms with Crippen LogP contribution in [-0.2, 0) is 0 Å². The Labute approximate surface area is 169 Å². The molecule has 0 aromatic carbocycles. The number of hydrogen-bond donors (Lipinski definition) is 2. The smallest absolute Gasteiger partial charge is 0.264 e. The lowest BCUT2D eigenvalue weighted by Gasteiger charge is -2.18. The summed E-state index contributed by atoms with van der Waals surface area (Å²) in [6.45, 7) is 4.01. The van der Waals surface area contributed by atoms with Crippen molar-refractivity contribution < 1.29 is 9.57 Å². The van der Waals surface area contributed by atoms with Gasteiger partial charge in [0.05, 0.1) is 11.6 Å². The van der Waals surface area contributed by atoms with Gasteiger partial charge >= 0.3 is 0 Å². The molecule has 0 spiro atoms. The van der Waals surface area contributed by atoms with Crippen LogP contribution in [0.2, 0.25) is 0 Å². The molecule has 0 saturated heterocycles. The molecule has 0 amide bonds. The third kappa shape index (κ3) is 4.01. The van der Waals surface area contributed by atoms with Gasteiger partial charge in [0.1, 0.15) is 18.7 Å². The number of pyridine rings is 2. The summed E-state index contributed by atoms with van der Waals surface area (Å²) in [4.78, 5) is 27.4. The van der Waals surface area contributed by atoms with Gasteiger partial charge in [-0.15, -0.1) is 0 Å². The molecule has 0 radical (unpaired) electrons. The molecule has 0 aliphatic heterocycles. The van der Waals surface area contributed by atoms with Gasteiger partial charge in [-0.3, -0.25) is 9.63 Å². The first-order chi connectivity index (χ1) is 14.0. The van der Waals surface area contributed by atoms with Crippen molar-refractivity contribution in [3.05, 3.63) is 47.3 Å². The number of anilines is 3. The van der Waals surface area contributed by atoms with Gasteiger partial charge in [0.15, 0.2) is 0 Å². The van der Waals surface area contributed by atoms with E-state index in [9.17, 15) is 4.79 Å². The van der Waals surface area contributed by atoms with E-state index in [1.165, 1.54) is 12.8 Å². The van der Waals surface area contributed by atoms with E-state index in [2.05, 4.69) is 15.6 Å². The van der Waals surface area contributed by atoms with E-state index in [0.717, 1.165) is 18.2 Å². The maximum atomic E-state index is 13.1. The van der Waals surface area contributed by atoms with Crippen LogP contribution in [0, 0.1) is 0 Å². The average molecular weight is 395 g/mol. The summed E-state index contributed by atoms with van der Waals surface area (Å²) in [5, 5.41) is 8.22. The van der Waals surface area contributed by atoms with Crippen LogP contribution in [0.25, 0.3) is 10.8 Å². The maximum Gasteiger partial charge on any atom is 0.264 e. The summed E-state index contributed by atoms with van der Waals surface area (Å²) in [6.07, 6.45) is 11.5. The van der Waals surface area contributed by atoms with Gasteiger partial charge in [-0.25, -0.2) is 9.97 Å². The summed E-state index contributed by atoms with van der Waals surface area (Å²) in [5.74, 6) is 1.86. The van der Waals surface area contributed by atoms with Crippen LogP contribution < -0.4 is 25.8 Å². The molecule has 0 unspecified atom stereocenters. The summed E-state index contributed by atoms with van der Waals surface area (Å²) in [5.41, 5.74) is -0.0212. The zero-order valence-corrected chi connectivity index (χ0v) is 17.1. The Kier molecular flexibility index (Phi) is 5.33. The molecule has 29 heavy (non-hydrogen) atoms. The number of hydrogen-bond acceptors (Lipinski definition) is 6. The summed E-state index contributed by atoms with van der Waals surface area (Å²) in [7, 11) is 1.58. The number of aromatic nitrogens is 4. The first-order valence-electron chi connectivity index (χ1n) is 10.1. The van der Waals surface area contributed by atoms with Crippen molar-refractivity contribution in [2.45, 2.75) is 51.6 Å². The second-order valence-electron chi connectivity index (χ2n) is 7.68. The van der Waals surface area contributed by atoms with Crippen LogP contribution in [0.3, 0.4) is 0 Å². The minimum absolute atomic E-state index is 0.0212. The van der Waals surface area contributed by atoms with Crippen molar-refractivity contribution >= 4 is 28.2 Å². The molecule has 1 fully saturated rings. The quantitative estimate of drug-likeness (QED) is 0.625. The molecule has 8 nitrogen and oxygen atoms in total. The molecule has 1 saturated carbocycles. The molecule has 0 bridgehead atoms. The van der Waals surface area contributed by atoms with Crippen molar-refractivity contribution in [2.24, 2.45) is 0 Å². The van der Waals surface area contributed by atoms with E-state index in [1.54, 1.807) is 35.0 Å². The molecule has 3 heterocycles. The van der Waals surface area contributed by atoms with Crippen molar-refractivity contribution in [1.82, 2.24) is 14.5 Å². The van der Waals surface area contributed by atoms with Crippen LogP contribution in [0.4, 0.5) is 17.5 Å². The van der Waals surface area contributed by atoms with Gasteiger partial charge in [-0.2, -0.15) is 0 Å². The van der Waals surface area contributed by atoms with Crippen LogP contribution in [0.15, 0.2) is 41.7 Å². The molecule has 0 atom stereocenters. The molecule has 2 N–H and O–H groups in total. The minimum Gasteiger partial charge on any atom is -0.367 e. The van der Waals surface area contributed by atoms with Crippen LogP contribution in [0.5, 0.6) is 0 Å². The fourth-order valence-electron chi connectivity index (χ4n) is 3.80. The Morgan fingerprint density at radius 3 is 2.79 bits per heavy atom. The Hall–Kier alpha value is -3.16. The van der Waals surface area contributed by atoms with Gasteiger partial charge in [0.25, 0.3) is 11.8 Å². The predicted molar refractivity (Wildman–Crippen MR) is 112 cm³/mol. The van der Waals surface area contributed by atoms with Crippen LogP contribution >= 0.6 is 0 Å². The van der Waals surface area contributed by atoms with Crippen molar-refractivity contribution in [1.29, 1.82) is 0 Å². The third-order valence-corrected chi connectivity index (χ3v) is 5.31. The van der Waals surface area contributed by atoms with E-state index in [-0.39, 0.29) is 11.6 Å². The molecule has 1 aliphatic rings. The molecule has 152 valence electrons. The fourth-order valence-corrected chi connectivity index (χ4v) is 3.80. The van der Waals surface area contributed by atoms with E-state index in [1.807, 2.05) is 32.2 Å². The average Bonchev–Trinajstić information content (AvgIpc) is 3.21. The summed E-state index contributed by atoms with van der Waals surface area (Å²) < 4.78 is 3.30. The Morgan fingerprint density at radius 1 is 1.28 bits per heavy atom. The molecule has 1 aliphatic carbocycles. The zero-order chi connectivity index (χ0) is 20.4. The number of nitrogens with zero attached hydrogens (tertiary/aromatic N) is 4. The lowest BCUT2D eigenvalue weighted by Crippen LogP contribution is -2.39. The first kappa shape index (κ1) is 19.2. The second kappa shape index (κ2) is 8.06. The minimum atomic E-state index is -0.0212. The molecular formula is C21H27N6O2+. The van der Waals surface area contributed by atoms with Crippen molar-refractivity contribution in [3.63, 3.8) is 0 Å². The summed E-state index contributed by atoms with van der Waals surface area (Å²) in [6, 6.07) is 4.28. The van der Waals surface area contributed by atoms with E-state index >= 15 is 0 Å². The SMILES string of the molecule is CO[n+]1ccnc(Nc2cc3ccn(C(C)C)c(=O)c3c(NC3CCCC3)n2)c1. The Morgan fingerprint density at radius 2 is 2.07 bits per heavy atom. The molecular weight excluding hydrogens is 368 g/mol. The van der Waals surface area contributed by atoms with Crippen molar-refractivity contribution in [3.8, 4) is 0 Å². The normalized spacial score (nSPS) is 14.5.